The first kappa shape index (κ1) is 20.0. The summed E-state index contributed by atoms with van der Waals surface area (Å²) in [7, 11) is 0. The maximum Gasteiger partial charge on any atom is 0.416 e. The number of benzene rings is 1. The van der Waals surface area contributed by atoms with Crippen molar-refractivity contribution in [2.45, 2.75) is 38.9 Å². The molecule has 8 heteroatoms. The minimum atomic E-state index is -4.44. The topological polar surface area (TPSA) is 72.9 Å². The minimum Gasteiger partial charge on any atom is -0.344 e. The van der Waals surface area contributed by atoms with Crippen molar-refractivity contribution in [3.8, 4) is 5.69 Å². The molecular formula is C18H23F3N4O. The van der Waals surface area contributed by atoms with E-state index in [4.69, 9.17) is 5.73 Å². The van der Waals surface area contributed by atoms with E-state index in [0.29, 0.717) is 12.3 Å². The van der Waals surface area contributed by atoms with Gasteiger partial charge in [0.25, 0.3) is 5.91 Å². The van der Waals surface area contributed by atoms with Crippen molar-refractivity contribution in [1.29, 1.82) is 0 Å². The lowest BCUT2D eigenvalue weighted by Crippen LogP contribution is -2.52. The van der Waals surface area contributed by atoms with E-state index in [1.165, 1.54) is 29.1 Å². The predicted octanol–water partition coefficient (Wildman–Crippen LogP) is 3.38. The molecule has 1 aromatic carbocycles. The Morgan fingerprint density at radius 3 is 2.58 bits per heavy atom. The Hall–Kier alpha value is -2.35. The summed E-state index contributed by atoms with van der Waals surface area (Å²) in [4.78, 5) is 12.4. The molecule has 0 saturated heterocycles. The van der Waals surface area contributed by atoms with Gasteiger partial charge in [-0.1, -0.05) is 19.9 Å². The lowest BCUT2D eigenvalue weighted by molar-refractivity contribution is -0.137. The zero-order valence-corrected chi connectivity index (χ0v) is 15.0. The fourth-order valence-electron chi connectivity index (χ4n) is 2.84. The van der Waals surface area contributed by atoms with Crippen LogP contribution in [0.2, 0.25) is 0 Å². The fourth-order valence-corrected chi connectivity index (χ4v) is 2.84. The van der Waals surface area contributed by atoms with Crippen LogP contribution in [0, 0.1) is 5.92 Å². The van der Waals surface area contributed by atoms with Gasteiger partial charge in [-0.15, -0.1) is 0 Å². The monoisotopic (exact) mass is 368 g/mol. The quantitative estimate of drug-likeness (QED) is 0.821. The minimum absolute atomic E-state index is 0.117. The molecule has 142 valence electrons. The van der Waals surface area contributed by atoms with Crippen LogP contribution in [0.5, 0.6) is 0 Å². The third-order valence-electron chi connectivity index (χ3n) is 3.98. The largest absolute Gasteiger partial charge is 0.416 e. The standard InChI is InChI=1S/C18H23F3N4O/c1-12(2)10-17(3,11-22)23-16(26)15-7-8-25(24-15)14-6-4-5-13(9-14)18(19,20)21/h4-9,12H,10-11,22H2,1-3H3,(H,23,26). The van der Waals surface area contributed by atoms with Gasteiger partial charge in [-0.25, -0.2) is 4.68 Å². The van der Waals surface area contributed by atoms with E-state index < -0.39 is 23.2 Å². The van der Waals surface area contributed by atoms with E-state index in [2.05, 4.69) is 10.4 Å². The maximum atomic E-state index is 12.8. The summed E-state index contributed by atoms with van der Waals surface area (Å²) in [5.74, 6) is -0.0733. The number of amides is 1. The number of alkyl halides is 3. The van der Waals surface area contributed by atoms with Gasteiger partial charge in [0.15, 0.2) is 5.69 Å². The SMILES string of the molecule is CC(C)CC(C)(CN)NC(=O)c1ccn(-c2cccc(C(F)(F)F)c2)n1. The van der Waals surface area contributed by atoms with E-state index in [1.807, 2.05) is 20.8 Å². The lowest BCUT2D eigenvalue weighted by atomic mass is 9.90. The second-order valence-corrected chi connectivity index (χ2v) is 7.01. The van der Waals surface area contributed by atoms with E-state index in [-0.39, 0.29) is 17.9 Å². The molecule has 1 unspecified atom stereocenters. The van der Waals surface area contributed by atoms with Gasteiger partial charge in [0, 0.05) is 12.7 Å². The highest BCUT2D eigenvalue weighted by Crippen LogP contribution is 2.30. The molecular weight excluding hydrogens is 345 g/mol. The van der Waals surface area contributed by atoms with Crippen LogP contribution in [0.15, 0.2) is 36.5 Å². The van der Waals surface area contributed by atoms with Crippen molar-refractivity contribution in [2.75, 3.05) is 6.54 Å². The second-order valence-electron chi connectivity index (χ2n) is 7.01. The highest BCUT2D eigenvalue weighted by atomic mass is 19.4. The molecule has 0 aliphatic carbocycles. The Kier molecular flexibility index (Phi) is 5.75. The summed E-state index contributed by atoms with van der Waals surface area (Å²) in [6.45, 7) is 6.19. The zero-order valence-electron chi connectivity index (χ0n) is 15.0. The number of nitrogens with zero attached hydrogens (tertiary/aromatic N) is 2. The number of carbonyl (C=O) groups excluding carboxylic acids is 1. The Balaban J connectivity index is 2.21. The molecule has 1 atom stereocenters. The van der Waals surface area contributed by atoms with Gasteiger partial charge in [-0.2, -0.15) is 18.3 Å². The summed E-state index contributed by atoms with van der Waals surface area (Å²) < 4.78 is 39.8. The van der Waals surface area contributed by atoms with Crippen LogP contribution in [0.4, 0.5) is 13.2 Å². The number of halogens is 3. The number of nitrogens with two attached hydrogens (primary N) is 1. The lowest BCUT2D eigenvalue weighted by Gasteiger charge is -2.30. The Labute approximate surface area is 150 Å². The number of nitrogens with one attached hydrogen (secondary N) is 1. The number of hydrogen-bond acceptors (Lipinski definition) is 3. The van der Waals surface area contributed by atoms with Crippen molar-refractivity contribution in [2.24, 2.45) is 11.7 Å². The average Bonchev–Trinajstić information content (AvgIpc) is 3.03. The first-order valence-corrected chi connectivity index (χ1v) is 8.30. The van der Waals surface area contributed by atoms with Crippen LogP contribution < -0.4 is 11.1 Å². The highest BCUT2D eigenvalue weighted by molar-refractivity contribution is 5.92. The smallest absolute Gasteiger partial charge is 0.344 e. The molecule has 0 spiro atoms. The van der Waals surface area contributed by atoms with Crippen LogP contribution in [-0.2, 0) is 6.18 Å². The van der Waals surface area contributed by atoms with E-state index >= 15 is 0 Å². The van der Waals surface area contributed by atoms with E-state index in [9.17, 15) is 18.0 Å². The molecule has 0 aliphatic rings. The predicted molar refractivity (Wildman–Crippen MR) is 92.9 cm³/mol. The van der Waals surface area contributed by atoms with Gasteiger partial charge < -0.3 is 11.1 Å². The van der Waals surface area contributed by atoms with Gasteiger partial charge in [0.1, 0.15) is 0 Å². The summed E-state index contributed by atoms with van der Waals surface area (Å²) in [5.41, 5.74) is 4.78. The molecule has 0 bridgehead atoms. The third kappa shape index (κ3) is 4.85. The molecule has 1 aromatic heterocycles. The summed E-state index contributed by atoms with van der Waals surface area (Å²) in [6.07, 6.45) is -2.29. The highest BCUT2D eigenvalue weighted by Gasteiger charge is 2.31. The fraction of sp³-hybridized carbons (Fsp3) is 0.444. The van der Waals surface area contributed by atoms with Crippen LogP contribution in [0.25, 0.3) is 5.69 Å². The van der Waals surface area contributed by atoms with Gasteiger partial charge in [0.05, 0.1) is 16.8 Å². The van der Waals surface area contributed by atoms with Crippen LogP contribution in [-0.4, -0.2) is 27.8 Å². The molecule has 0 radical (unpaired) electrons. The van der Waals surface area contributed by atoms with Gasteiger partial charge in [0.2, 0.25) is 0 Å². The molecule has 1 heterocycles. The number of rotatable bonds is 6. The van der Waals surface area contributed by atoms with E-state index in [1.54, 1.807) is 0 Å². The Morgan fingerprint density at radius 2 is 2.00 bits per heavy atom. The van der Waals surface area contributed by atoms with Crippen LogP contribution in [0.1, 0.15) is 43.2 Å². The van der Waals surface area contributed by atoms with Crippen molar-refractivity contribution in [3.05, 3.63) is 47.8 Å². The van der Waals surface area contributed by atoms with Gasteiger partial charge in [-0.05, 0) is 43.5 Å². The molecule has 2 rings (SSSR count). The van der Waals surface area contributed by atoms with Crippen LogP contribution >= 0.6 is 0 Å². The van der Waals surface area contributed by atoms with Crippen molar-refractivity contribution >= 4 is 5.91 Å². The number of hydrogen-bond donors (Lipinski definition) is 2. The summed E-state index contributed by atoms with van der Waals surface area (Å²) in [5, 5.41) is 6.97. The first-order chi connectivity index (χ1) is 12.0. The van der Waals surface area contributed by atoms with Crippen molar-refractivity contribution < 1.29 is 18.0 Å². The van der Waals surface area contributed by atoms with Gasteiger partial charge >= 0.3 is 6.18 Å². The number of aromatic nitrogens is 2. The molecule has 0 aliphatic heterocycles. The summed E-state index contributed by atoms with van der Waals surface area (Å²) >= 11 is 0. The average molecular weight is 368 g/mol. The Bertz CT molecular complexity index is 770. The van der Waals surface area contributed by atoms with Crippen molar-refractivity contribution in [1.82, 2.24) is 15.1 Å². The number of carbonyl (C=O) groups is 1. The summed E-state index contributed by atoms with van der Waals surface area (Å²) in [6, 6.07) is 6.22. The molecule has 1 amide bonds. The molecule has 0 fully saturated rings. The normalized spacial score (nSPS) is 14.3. The maximum absolute atomic E-state index is 12.8. The van der Waals surface area contributed by atoms with Crippen LogP contribution in [0.3, 0.4) is 0 Å². The molecule has 3 N–H and O–H groups in total. The Morgan fingerprint density at radius 1 is 1.31 bits per heavy atom. The molecule has 5 nitrogen and oxygen atoms in total. The third-order valence-corrected chi connectivity index (χ3v) is 3.98. The zero-order chi connectivity index (χ0) is 19.5. The molecule has 26 heavy (non-hydrogen) atoms. The second kappa shape index (κ2) is 7.49. The van der Waals surface area contributed by atoms with E-state index in [0.717, 1.165) is 12.1 Å². The van der Waals surface area contributed by atoms with Gasteiger partial charge in [-0.3, -0.25) is 4.79 Å². The molecule has 0 saturated carbocycles. The molecule has 2 aromatic rings. The van der Waals surface area contributed by atoms with Crippen molar-refractivity contribution in [3.63, 3.8) is 0 Å². The first-order valence-electron chi connectivity index (χ1n) is 8.30.